The van der Waals surface area contributed by atoms with Crippen molar-refractivity contribution in [1.82, 2.24) is 4.90 Å². The fourth-order valence-electron chi connectivity index (χ4n) is 3.38. The summed E-state index contributed by atoms with van der Waals surface area (Å²) in [6, 6.07) is 0. The van der Waals surface area contributed by atoms with Crippen molar-refractivity contribution in [2.45, 2.75) is 50.4 Å². The lowest BCUT2D eigenvalue weighted by Gasteiger charge is -2.43. The van der Waals surface area contributed by atoms with Crippen molar-refractivity contribution in [2.75, 3.05) is 23.8 Å². The highest BCUT2D eigenvalue weighted by molar-refractivity contribution is 8.01. The normalized spacial score (nSPS) is 34.7. The zero-order chi connectivity index (χ0) is 15.7. The van der Waals surface area contributed by atoms with Gasteiger partial charge in [0.05, 0.1) is 5.54 Å². The quantitative estimate of drug-likeness (QED) is 0.839. The summed E-state index contributed by atoms with van der Waals surface area (Å²) in [6.45, 7) is 4.24. The molecule has 2 aliphatic rings. The molecule has 0 aromatic heterocycles. The molecular weight excluding hydrogens is 308 g/mol. The van der Waals surface area contributed by atoms with Crippen molar-refractivity contribution >= 4 is 27.5 Å². The minimum absolute atomic E-state index is 0.0655. The second-order valence-electron chi connectivity index (χ2n) is 6.34. The molecule has 1 heterocycles. The fraction of sp³-hybridized carbons (Fsp3) is 0.929. The van der Waals surface area contributed by atoms with E-state index in [0.717, 1.165) is 18.6 Å². The molecule has 5 nitrogen and oxygen atoms in total. The molecule has 0 aromatic rings. The van der Waals surface area contributed by atoms with Crippen LogP contribution in [0.4, 0.5) is 0 Å². The van der Waals surface area contributed by atoms with Crippen molar-refractivity contribution in [3.8, 4) is 0 Å². The predicted octanol–water partition coefficient (Wildman–Crippen LogP) is 1.23. The maximum Gasteiger partial charge on any atom is 0.243 e. The first kappa shape index (κ1) is 17.1. The summed E-state index contributed by atoms with van der Waals surface area (Å²) in [5.41, 5.74) is 5.50. The maximum atomic E-state index is 12.9. The first-order chi connectivity index (χ1) is 9.80. The van der Waals surface area contributed by atoms with Crippen molar-refractivity contribution in [2.24, 2.45) is 11.7 Å². The summed E-state index contributed by atoms with van der Waals surface area (Å²) in [7, 11) is -3.27. The average molecular weight is 335 g/mol. The molecule has 1 aliphatic heterocycles. The number of hydrogen-bond acceptors (Lipinski definition) is 5. The van der Waals surface area contributed by atoms with Crippen LogP contribution in [0.1, 0.15) is 39.5 Å². The van der Waals surface area contributed by atoms with E-state index in [-0.39, 0.29) is 11.7 Å². The van der Waals surface area contributed by atoms with Crippen molar-refractivity contribution in [1.29, 1.82) is 0 Å². The number of rotatable bonds is 3. The second kappa shape index (κ2) is 6.46. The summed E-state index contributed by atoms with van der Waals surface area (Å²) < 4.78 is 24.5. The van der Waals surface area contributed by atoms with Crippen molar-refractivity contribution in [3.63, 3.8) is 0 Å². The zero-order valence-electron chi connectivity index (χ0n) is 12.9. The molecule has 0 spiro atoms. The Balaban J connectivity index is 2.23. The molecule has 7 heteroatoms. The second-order valence-corrected chi connectivity index (χ2v) is 9.93. The van der Waals surface area contributed by atoms with Gasteiger partial charge in [-0.1, -0.05) is 26.7 Å². The number of amides is 1. The van der Waals surface area contributed by atoms with Crippen molar-refractivity contribution < 1.29 is 13.2 Å². The lowest BCUT2D eigenvalue weighted by molar-refractivity contribution is -0.139. The van der Waals surface area contributed by atoms with Crippen LogP contribution in [-0.4, -0.2) is 53.9 Å². The summed E-state index contributed by atoms with van der Waals surface area (Å²) in [5.74, 6) is 1.58. The standard InChI is InChI=1S/C14H26N2O3S2/c1-3-21(18,19)12-10-20-8-7-16(12)13(17)14(15)6-4-5-11(2)9-14/h11-12H,3-10,15H2,1-2H3. The van der Waals surface area contributed by atoms with Gasteiger partial charge < -0.3 is 10.6 Å². The Labute approximate surface area is 131 Å². The van der Waals surface area contributed by atoms with Crippen LogP contribution in [0, 0.1) is 5.92 Å². The largest absolute Gasteiger partial charge is 0.322 e. The van der Waals surface area contributed by atoms with E-state index in [1.54, 1.807) is 23.6 Å². The highest BCUT2D eigenvalue weighted by Gasteiger charge is 2.45. The molecule has 2 rings (SSSR count). The van der Waals surface area contributed by atoms with E-state index in [4.69, 9.17) is 5.73 Å². The van der Waals surface area contributed by atoms with Gasteiger partial charge in [0, 0.05) is 23.8 Å². The molecule has 0 aromatic carbocycles. The summed E-state index contributed by atoms with van der Waals surface area (Å²) in [5, 5.41) is -0.702. The number of sulfone groups is 1. The van der Waals surface area contributed by atoms with Gasteiger partial charge in [0.2, 0.25) is 5.91 Å². The van der Waals surface area contributed by atoms with E-state index < -0.39 is 20.8 Å². The minimum atomic E-state index is -3.27. The van der Waals surface area contributed by atoms with E-state index in [9.17, 15) is 13.2 Å². The highest BCUT2D eigenvalue weighted by atomic mass is 32.2. The Morgan fingerprint density at radius 1 is 1.48 bits per heavy atom. The molecule has 2 N–H and O–H groups in total. The van der Waals surface area contributed by atoms with Crippen LogP contribution < -0.4 is 5.73 Å². The van der Waals surface area contributed by atoms with E-state index in [1.165, 1.54) is 0 Å². The van der Waals surface area contributed by atoms with E-state index in [1.807, 2.05) is 0 Å². The van der Waals surface area contributed by atoms with Crippen LogP contribution in [0.15, 0.2) is 0 Å². The first-order valence-corrected chi connectivity index (χ1v) is 10.6. The minimum Gasteiger partial charge on any atom is -0.322 e. The molecule has 21 heavy (non-hydrogen) atoms. The Hall–Kier alpha value is -0.270. The Bertz CT molecular complexity index is 494. The van der Waals surface area contributed by atoms with Crippen LogP contribution in [0.25, 0.3) is 0 Å². The number of carbonyl (C=O) groups excluding carboxylic acids is 1. The lowest BCUT2D eigenvalue weighted by Crippen LogP contribution is -2.62. The Morgan fingerprint density at radius 2 is 2.19 bits per heavy atom. The molecule has 0 radical (unpaired) electrons. The molecule has 1 saturated heterocycles. The Morgan fingerprint density at radius 3 is 2.81 bits per heavy atom. The SMILES string of the molecule is CCS(=O)(=O)C1CSCCN1C(=O)C1(N)CCCC(C)C1. The van der Waals surface area contributed by atoms with Gasteiger partial charge in [-0.05, 0) is 18.8 Å². The van der Waals surface area contributed by atoms with Gasteiger partial charge in [-0.2, -0.15) is 11.8 Å². The van der Waals surface area contributed by atoms with Gasteiger partial charge >= 0.3 is 0 Å². The smallest absolute Gasteiger partial charge is 0.243 e. The lowest BCUT2D eigenvalue weighted by atomic mass is 9.76. The fourth-order valence-corrected chi connectivity index (χ4v) is 6.34. The Kier molecular flexibility index (Phi) is 5.26. The molecule has 1 saturated carbocycles. The van der Waals surface area contributed by atoms with Gasteiger partial charge in [-0.25, -0.2) is 8.42 Å². The number of nitrogens with two attached hydrogens (primary N) is 1. The van der Waals surface area contributed by atoms with Gasteiger partial charge in [0.15, 0.2) is 9.84 Å². The topological polar surface area (TPSA) is 80.5 Å². The molecule has 3 unspecified atom stereocenters. The van der Waals surface area contributed by atoms with E-state index in [2.05, 4.69) is 6.92 Å². The van der Waals surface area contributed by atoms with E-state index in [0.29, 0.717) is 31.1 Å². The maximum absolute atomic E-state index is 12.9. The van der Waals surface area contributed by atoms with Crippen LogP contribution in [0.5, 0.6) is 0 Å². The molecule has 122 valence electrons. The van der Waals surface area contributed by atoms with E-state index >= 15 is 0 Å². The summed E-state index contributed by atoms with van der Waals surface area (Å²) in [4.78, 5) is 14.5. The van der Waals surface area contributed by atoms with Crippen LogP contribution in [0.3, 0.4) is 0 Å². The van der Waals surface area contributed by atoms with Crippen LogP contribution >= 0.6 is 11.8 Å². The van der Waals surface area contributed by atoms with Gasteiger partial charge in [0.25, 0.3) is 0 Å². The molecule has 2 fully saturated rings. The van der Waals surface area contributed by atoms with Gasteiger partial charge in [0.1, 0.15) is 5.37 Å². The molecule has 3 atom stereocenters. The predicted molar refractivity (Wildman–Crippen MR) is 86.8 cm³/mol. The third-order valence-electron chi connectivity index (χ3n) is 4.62. The molecule has 1 aliphatic carbocycles. The summed E-state index contributed by atoms with van der Waals surface area (Å²) >= 11 is 1.60. The first-order valence-electron chi connectivity index (χ1n) is 7.69. The molecular formula is C14H26N2O3S2. The van der Waals surface area contributed by atoms with Gasteiger partial charge in [-0.3, -0.25) is 4.79 Å². The van der Waals surface area contributed by atoms with Crippen molar-refractivity contribution in [3.05, 3.63) is 0 Å². The third kappa shape index (κ3) is 3.56. The zero-order valence-corrected chi connectivity index (χ0v) is 14.5. The number of thioether (sulfide) groups is 1. The number of carbonyl (C=O) groups is 1. The van der Waals surface area contributed by atoms with Crippen LogP contribution in [0.2, 0.25) is 0 Å². The summed E-state index contributed by atoms with van der Waals surface area (Å²) in [6.07, 6.45) is 3.36. The third-order valence-corrected chi connectivity index (χ3v) is 7.91. The number of nitrogens with zero attached hydrogens (tertiary/aromatic N) is 1. The number of hydrogen-bond donors (Lipinski definition) is 1. The molecule has 1 amide bonds. The van der Waals surface area contributed by atoms with Gasteiger partial charge in [-0.15, -0.1) is 0 Å². The molecule has 0 bridgehead atoms. The highest BCUT2D eigenvalue weighted by Crippen LogP contribution is 2.34. The monoisotopic (exact) mass is 334 g/mol. The average Bonchev–Trinajstić information content (AvgIpc) is 2.46. The van der Waals surface area contributed by atoms with Crippen LogP contribution in [-0.2, 0) is 14.6 Å².